The Bertz CT molecular complexity index is 2570. The summed E-state index contributed by atoms with van der Waals surface area (Å²) in [7, 11) is -14.0. The molecule has 1 amide bonds. The third-order valence-electron chi connectivity index (χ3n) is 7.17. The fourth-order valence-electron chi connectivity index (χ4n) is 4.93. The van der Waals surface area contributed by atoms with E-state index in [9.17, 15) is 49.5 Å². The van der Waals surface area contributed by atoms with Gasteiger partial charge >= 0.3 is 0 Å². The standard InChI is InChI=1S/C29H23N3O16S5/c33-27-25-18(13-20(52(39,40)41)15-23(25)30-29(34)16-4-2-1-3-5-16)14-24(49-47-36)26(27)32-31-22-9-6-17-12-19(7-8-21(17)28(22)53(42,43)44)51(37,38)11-10-45-50-48-46-35/h1-9,12-15,33,35-36H,10-11H2,(H,30,34)(H,39,40,41)(H,42,43,44). The van der Waals surface area contributed by atoms with E-state index in [1.54, 1.807) is 18.2 Å². The van der Waals surface area contributed by atoms with Crippen molar-refractivity contribution in [2.24, 2.45) is 10.2 Å². The first-order chi connectivity index (χ1) is 25.0. The zero-order valence-corrected chi connectivity index (χ0v) is 30.2. The second-order valence-electron chi connectivity index (χ2n) is 10.4. The molecule has 280 valence electrons. The molecule has 19 nitrogen and oxygen atoms in total. The van der Waals surface area contributed by atoms with Crippen LogP contribution in [0.25, 0.3) is 21.5 Å². The van der Waals surface area contributed by atoms with E-state index < -0.39 is 75.3 Å². The van der Waals surface area contributed by atoms with Gasteiger partial charge in [0.15, 0.2) is 27.9 Å². The van der Waals surface area contributed by atoms with Crippen LogP contribution >= 0.6 is 24.4 Å². The van der Waals surface area contributed by atoms with Gasteiger partial charge in [-0.15, -0.1) is 14.6 Å². The van der Waals surface area contributed by atoms with Gasteiger partial charge in [-0.05, 0) is 59.3 Å². The van der Waals surface area contributed by atoms with Crippen LogP contribution in [0.15, 0.2) is 109 Å². The minimum Gasteiger partial charge on any atom is -0.505 e. The Kier molecular flexibility index (Phi) is 12.3. The molecule has 0 heterocycles. The predicted octanol–water partition coefficient (Wildman–Crippen LogP) is 6.13. The molecule has 5 aromatic rings. The molecule has 6 N–H and O–H groups in total. The van der Waals surface area contributed by atoms with Crippen LogP contribution < -0.4 is 5.32 Å². The molecular formula is C29H23N3O16S5. The highest BCUT2D eigenvalue weighted by Crippen LogP contribution is 2.47. The third-order valence-corrected chi connectivity index (χ3v) is 11.6. The third kappa shape index (κ3) is 9.27. The fourth-order valence-corrected chi connectivity index (χ4v) is 8.23. The van der Waals surface area contributed by atoms with Gasteiger partial charge in [-0.25, -0.2) is 18.9 Å². The SMILES string of the molecule is O=C(Nc1cc(S(=O)(=O)O)cc2cc(SOO)c(N=Nc3ccc4cc(S(=O)(=O)CCOSOOO)ccc4c3S(=O)(=O)O)c(O)c12)c1ccccc1. The first-order valence-corrected chi connectivity index (χ1v) is 20.1. The number of hydrogen-bond donors (Lipinski definition) is 6. The second kappa shape index (κ2) is 16.4. The lowest BCUT2D eigenvalue weighted by molar-refractivity contribution is -0.434. The number of carbonyl (C=O) groups is 1. The zero-order valence-electron chi connectivity index (χ0n) is 26.1. The second-order valence-corrected chi connectivity index (χ2v) is 16.6. The molecule has 53 heavy (non-hydrogen) atoms. The van der Waals surface area contributed by atoms with E-state index in [0.717, 1.165) is 42.5 Å². The number of phenolic OH excluding ortho intramolecular Hbond substituents is 1. The number of carbonyl (C=O) groups excluding carboxylic acids is 1. The molecule has 0 aliphatic carbocycles. The lowest BCUT2D eigenvalue weighted by Crippen LogP contribution is -2.13. The number of benzene rings is 5. The van der Waals surface area contributed by atoms with Crippen molar-refractivity contribution in [1.82, 2.24) is 0 Å². The summed E-state index contributed by atoms with van der Waals surface area (Å²) in [5.74, 6) is -2.07. The molecule has 0 spiro atoms. The Morgan fingerprint density at radius 2 is 1.53 bits per heavy atom. The highest BCUT2D eigenvalue weighted by atomic mass is 32.2. The molecule has 5 aromatic carbocycles. The number of hydrogen-bond acceptors (Lipinski definition) is 18. The average molecular weight is 830 g/mol. The summed E-state index contributed by atoms with van der Waals surface area (Å²) < 4.78 is 108. The van der Waals surface area contributed by atoms with E-state index in [1.807, 2.05) is 0 Å². The maximum absolute atomic E-state index is 13.1. The number of nitrogens with one attached hydrogen (secondary N) is 1. The number of azo groups is 1. The van der Waals surface area contributed by atoms with Crippen molar-refractivity contribution in [1.29, 1.82) is 0 Å². The van der Waals surface area contributed by atoms with Gasteiger partial charge in [0.2, 0.25) is 0 Å². The van der Waals surface area contributed by atoms with Crippen LogP contribution in [-0.4, -0.2) is 68.2 Å². The lowest BCUT2D eigenvalue weighted by Gasteiger charge is -2.15. The Labute approximate surface area is 308 Å². The van der Waals surface area contributed by atoms with Gasteiger partial charge < -0.3 is 10.4 Å². The van der Waals surface area contributed by atoms with E-state index in [0.29, 0.717) is 0 Å². The molecule has 0 bridgehead atoms. The van der Waals surface area contributed by atoms with E-state index >= 15 is 0 Å². The molecule has 0 aliphatic heterocycles. The van der Waals surface area contributed by atoms with Crippen molar-refractivity contribution in [3.63, 3.8) is 0 Å². The summed E-state index contributed by atoms with van der Waals surface area (Å²) in [4.78, 5) is 11.1. The van der Waals surface area contributed by atoms with Crippen molar-refractivity contribution < 1.29 is 72.7 Å². The van der Waals surface area contributed by atoms with E-state index in [1.165, 1.54) is 18.2 Å². The summed E-state index contributed by atoms with van der Waals surface area (Å²) in [6, 6.07) is 16.3. The first-order valence-electron chi connectivity index (χ1n) is 14.2. The van der Waals surface area contributed by atoms with E-state index in [2.05, 4.69) is 29.3 Å². The van der Waals surface area contributed by atoms with Gasteiger partial charge in [0.05, 0.1) is 44.8 Å². The van der Waals surface area contributed by atoms with Crippen LogP contribution in [0.5, 0.6) is 5.75 Å². The van der Waals surface area contributed by atoms with Crippen LogP contribution in [0.2, 0.25) is 0 Å². The average Bonchev–Trinajstić information content (AvgIpc) is 3.10. The minimum absolute atomic E-state index is 0.0388. The van der Waals surface area contributed by atoms with Gasteiger partial charge in [0, 0.05) is 16.3 Å². The van der Waals surface area contributed by atoms with Crippen molar-refractivity contribution in [3.05, 3.63) is 84.4 Å². The fraction of sp³-hybridized carbons (Fsp3) is 0.0690. The summed E-state index contributed by atoms with van der Waals surface area (Å²) in [6.45, 7) is -0.393. The van der Waals surface area contributed by atoms with Crippen LogP contribution in [0.4, 0.5) is 17.1 Å². The molecule has 0 saturated carbocycles. The Balaban J connectivity index is 1.63. The van der Waals surface area contributed by atoms with Gasteiger partial charge in [-0.3, -0.25) is 18.1 Å². The van der Waals surface area contributed by atoms with Gasteiger partial charge in [0.1, 0.15) is 16.3 Å². The maximum atomic E-state index is 13.1. The quantitative estimate of drug-likeness (QED) is 0.0173. The molecule has 0 unspecified atom stereocenters. The van der Waals surface area contributed by atoms with Crippen molar-refractivity contribution in [2.45, 2.75) is 19.6 Å². The van der Waals surface area contributed by atoms with Gasteiger partial charge in [0.25, 0.3) is 26.1 Å². The van der Waals surface area contributed by atoms with Crippen molar-refractivity contribution in [3.8, 4) is 5.75 Å². The number of sulfone groups is 1. The Hall–Kier alpha value is -4.28. The molecule has 0 radical (unpaired) electrons. The number of nitrogens with zero attached hydrogens (tertiary/aromatic N) is 2. The number of rotatable bonds is 15. The first kappa shape index (κ1) is 39.9. The number of amides is 1. The van der Waals surface area contributed by atoms with Crippen LogP contribution in [0.1, 0.15) is 10.4 Å². The summed E-state index contributed by atoms with van der Waals surface area (Å²) in [5, 5.41) is 42.0. The van der Waals surface area contributed by atoms with E-state index in [-0.39, 0.29) is 67.0 Å². The number of phenols is 1. The molecule has 5 rings (SSSR count). The van der Waals surface area contributed by atoms with Crippen molar-refractivity contribution >= 4 is 99.0 Å². The summed E-state index contributed by atoms with van der Waals surface area (Å²) >= 11 is 0.380. The Morgan fingerprint density at radius 1 is 0.811 bits per heavy atom. The molecule has 0 atom stereocenters. The Morgan fingerprint density at radius 3 is 2.19 bits per heavy atom. The van der Waals surface area contributed by atoms with E-state index in [4.69, 9.17) is 9.44 Å². The van der Waals surface area contributed by atoms with Gasteiger partial charge in [-0.1, -0.05) is 35.4 Å². The number of aromatic hydroxyl groups is 1. The molecule has 0 fully saturated rings. The zero-order chi connectivity index (χ0) is 38.6. The maximum Gasteiger partial charge on any atom is 0.297 e. The molecule has 0 saturated heterocycles. The normalized spacial score (nSPS) is 12.5. The predicted molar refractivity (Wildman–Crippen MR) is 188 cm³/mol. The largest absolute Gasteiger partial charge is 0.505 e. The topological polar surface area (TPSA) is 294 Å². The molecule has 0 aliphatic rings. The summed E-state index contributed by atoms with van der Waals surface area (Å²) in [6.07, 6.45) is 0. The van der Waals surface area contributed by atoms with Gasteiger partial charge in [-0.2, -0.15) is 21.2 Å². The van der Waals surface area contributed by atoms with Crippen LogP contribution in [-0.2, 0) is 48.0 Å². The monoisotopic (exact) mass is 829 g/mol. The number of anilines is 1. The highest BCUT2D eigenvalue weighted by Gasteiger charge is 2.25. The molecule has 24 heteroatoms. The summed E-state index contributed by atoms with van der Waals surface area (Å²) in [5.41, 5.74) is -1.16. The lowest BCUT2D eigenvalue weighted by atomic mass is 10.1. The highest BCUT2D eigenvalue weighted by molar-refractivity contribution is 7.94. The minimum atomic E-state index is -5.10. The van der Waals surface area contributed by atoms with Crippen LogP contribution in [0, 0.1) is 0 Å². The van der Waals surface area contributed by atoms with Crippen molar-refractivity contribution in [2.75, 3.05) is 17.7 Å². The smallest absolute Gasteiger partial charge is 0.297 e. The molecule has 0 aromatic heterocycles. The van der Waals surface area contributed by atoms with Crippen LogP contribution in [0.3, 0.4) is 0 Å². The number of fused-ring (bicyclic) bond motifs is 2. The molecular weight excluding hydrogens is 807 g/mol.